The van der Waals surface area contributed by atoms with E-state index in [9.17, 15) is 9.18 Å². The molecule has 76 valence electrons. The van der Waals surface area contributed by atoms with Gasteiger partial charge in [-0.15, -0.1) is 0 Å². The summed E-state index contributed by atoms with van der Waals surface area (Å²) in [4.78, 5) is 11.1. The highest BCUT2D eigenvalue weighted by Gasteiger charge is 2.14. The maximum Gasteiger partial charge on any atom is 0.340 e. The molecule has 1 aromatic carbocycles. The van der Waals surface area contributed by atoms with E-state index in [-0.39, 0.29) is 5.56 Å². The lowest BCUT2D eigenvalue weighted by Crippen LogP contribution is -2.06. The minimum absolute atomic E-state index is 0.0125. The molecule has 1 rings (SSSR count). The number of rotatable bonds is 3. The highest BCUT2D eigenvalue weighted by molar-refractivity contribution is 5.89. The van der Waals surface area contributed by atoms with E-state index in [0.717, 1.165) is 6.42 Å². The van der Waals surface area contributed by atoms with Gasteiger partial charge in [0.2, 0.25) is 0 Å². The lowest BCUT2D eigenvalue weighted by molar-refractivity contribution is 0.0595. The Morgan fingerprint density at radius 2 is 2.21 bits per heavy atom. The number of hydrogen-bond donors (Lipinski definition) is 0. The molecule has 0 radical (unpaired) electrons. The van der Waals surface area contributed by atoms with Crippen LogP contribution in [0.5, 0.6) is 0 Å². The number of esters is 1. The van der Waals surface area contributed by atoms with Gasteiger partial charge < -0.3 is 4.74 Å². The smallest absolute Gasteiger partial charge is 0.340 e. The number of benzene rings is 1. The third-order valence-electron chi connectivity index (χ3n) is 2.00. The van der Waals surface area contributed by atoms with Crippen molar-refractivity contribution in [2.24, 2.45) is 0 Å². The fourth-order valence-corrected chi connectivity index (χ4v) is 1.31. The molecule has 0 bridgehead atoms. The molecule has 0 N–H and O–H groups in total. The van der Waals surface area contributed by atoms with Crippen LogP contribution in [0.25, 0.3) is 0 Å². The molecule has 0 heterocycles. The first-order valence-corrected chi connectivity index (χ1v) is 4.56. The molecule has 0 atom stereocenters. The van der Waals surface area contributed by atoms with Crippen molar-refractivity contribution in [1.82, 2.24) is 0 Å². The van der Waals surface area contributed by atoms with Crippen LogP contribution in [0.2, 0.25) is 0 Å². The van der Waals surface area contributed by atoms with Crippen molar-refractivity contribution in [1.29, 1.82) is 0 Å². The summed E-state index contributed by atoms with van der Waals surface area (Å²) in [6, 6.07) is 4.78. The molecule has 0 saturated heterocycles. The van der Waals surface area contributed by atoms with E-state index < -0.39 is 11.8 Å². The molecule has 2 nitrogen and oxygen atoms in total. The van der Waals surface area contributed by atoms with Crippen molar-refractivity contribution >= 4 is 5.97 Å². The summed E-state index contributed by atoms with van der Waals surface area (Å²) in [7, 11) is 1.24. The fraction of sp³-hybridized carbons (Fsp3) is 0.364. The number of ether oxygens (including phenoxy) is 1. The van der Waals surface area contributed by atoms with Gasteiger partial charge in [-0.1, -0.05) is 25.5 Å². The summed E-state index contributed by atoms with van der Waals surface area (Å²) in [6.07, 6.45) is 1.48. The molecule has 0 aromatic heterocycles. The van der Waals surface area contributed by atoms with Gasteiger partial charge in [0.25, 0.3) is 0 Å². The average molecular weight is 196 g/mol. The molecule has 3 heteroatoms. The maximum absolute atomic E-state index is 13.6. The maximum atomic E-state index is 13.6. The number of aryl methyl sites for hydroxylation is 1. The Hall–Kier alpha value is -1.38. The lowest BCUT2D eigenvalue weighted by atomic mass is 10.1. The molecule has 1 aromatic rings. The van der Waals surface area contributed by atoms with Crippen LogP contribution >= 0.6 is 0 Å². The molecule has 0 saturated carbocycles. The summed E-state index contributed by atoms with van der Waals surface area (Å²) >= 11 is 0. The predicted molar refractivity (Wildman–Crippen MR) is 51.7 cm³/mol. The SMILES string of the molecule is CCCc1cccc(C(=O)OC)c1F. The molecule has 0 unspecified atom stereocenters. The second-order valence-electron chi connectivity index (χ2n) is 3.02. The van der Waals surface area contributed by atoms with Crippen LogP contribution in [-0.2, 0) is 11.2 Å². The van der Waals surface area contributed by atoms with Crippen molar-refractivity contribution in [3.05, 3.63) is 35.1 Å². The van der Waals surface area contributed by atoms with Gasteiger partial charge in [-0.2, -0.15) is 0 Å². The predicted octanol–water partition coefficient (Wildman–Crippen LogP) is 2.56. The van der Waals surface area contributed by atoms with E-state index in [1.54, 1.807) is 12.1 Å². The number of methoxy groups -OCH3 is 1. The Balaban J connectivity index is 3.07. The van der Waals surface area contributed by atoms with Crippen molar-refractivity contribution in [3.8, 4) is 0 Å². The van der Waals surface area contributed by atoms with Crippen LogP contribution in [0.15, 0.2) is 18.2 Å². The van der Waals surface area contributed by atoms with Gasteiger partial charge in [0.1, 0.15) is 5.82 Å². The van der Waals surface area contributed by atoms with Crippen LogP contribution < -0.4 is 0 Å². The third kappa shape index (κ3) is 2.10. The van der Waals surface area contributed by atoms with Crippen molar-refractivity contribution < 1.29 is 13.9 Å². The molecule has 0 fully saturated rings. The largest absolute Gasteiger partial charge is 0.465 e. The number of carbonyl (C=O) groups excluding carboxylic acids is 1. The molecule has 0 aliphatic rings. The summed E-state index contributed by atoms with van der Waals surface area (Å²) < 4.78 is 18.1. The van der Waals surface area contributed by atoms with E-state index in [0.29, 0.717) is 12.0 Å². The van der Waals surface area contributed by atoms with Gasteiger partial charge in [-0.3, -0.25) is 0 Å². The zero-order valence-corrected chi connectivity index (χ0v) is 8.34. The zero-order valence-electron chi connectivity index (χ0n) is 8.34. The Labute approximate surface area is 82.7 Å². The second kappa shape index (κ2) is 4.74. The van der Waals surface area contributed by atoms with E-state index in [2.05, 4.69) is 4.74 Å². The Morgan fingerprint density at radius 1 is 1.50 bits per heavy atom. The second-order valence-corrected chi connectivity index (χ2v) is 3.02. The monoisotopic (exact) mass is 196 g/mol. The van der Waals surface area contributed by atoms with Crippen LogP contribution in [0.3, 0.4) is 0 Å². The molecule has 0 aliphatic carbocycles. The molecular formula is C11H13FO2. The molecule has 0 spiro atoms. The van der Waals surface area contributed by atoms with Crippen LogP contribution in [0.1, 0.15) is 29.3 Å². The third-order valence-corrected chi connectivity index (χ3v) is 2.00. The van der Waals surface area contributed by atoms with Gasteiger partial charge >= 0.3 is 5.97 Å². The normalized spacial score (nSPS) is 9.93. The first-order valence-electron chi connectivity index (χ1n) is 4.56. The summed E-state index contributed by atoms with van der Waals surface area (Å²) in [5.74, 6) is -1.08. The Bertz CT molecular complexity index is 334. The lowest BCUT2D eigenvalue weighted by Gasteiger charge is -2.05. The number of halogens is 1. The van der Waals surface area contributed by atoms with Gasteiger partial charge in [0.05, 0.1) is 12.7 Å². The first kappa shape index (κ1) is 10.7. The summed E-state index contributed by atoms with van der Waals surface area (Å²) in [5, 5.41) is 0. The summed E-state index contributed by atoms with van der Waals surface area (Å²) in [6.45, 7) is 1.96. The zero-order chi connectivity index (χ0) is 10.6. The highest BCUT2D eigenvalue weighted by Crippen LogP contribution is 2.15. The summed E-state index contributed by atoms with van der Waals surface area (Å²) in [5.41, 5.74) is 0.578. The van der Waals surface area contributed by atoms with Gasteiger partial charge in [0.15, 0.2) is 0 Å². The average Bonchev–Trinajstić information content (AvgIpc) is 2.20. The van der Waals surface area contributed by atoms with Crippen molar-refractivity contribution in [2.45, 2.75) is 19.8 Å². The Kier molecular flexibility index (Phi) is 3.63. The Morgan fingerprint density at radius 3 is 2.79 bits per heavy atom. The van der Waals surface area contributed by atoms with E-state index in [4.69, 9.17) is 0 Å². The topological polar surface area (TPSA) is 26.3 Å². The minimum Gasteiger partial charge on any atom is -0.465 e. The minimum atomic E-state index is -0.625. The highest BCUT2D eigenvalue weighted by atomic mass is 19.1. The quantitative estimate of drug-likeness (QED) is 0.694. The van der Waals surface area contributed by atoms with Crippen molar-refractivity contribution in [3.63, 3.8) is 0 Å². The van der Waals surface area contributed by atoms with E-state index in [1.165, 1.54) is 13.2 Å². The number of carbonyl (C=O) groups is 1. The van der Waals surface area contributed by atoms with Gasteiger partial charge in [-0.05, 0) is 18.1 Å². The molecule has 14 heavy (non-hydrogen) atoms. The number of hydrogen-bond acceptors (Lipinski definition) is 2. The molecule has 0 aliphatic heterocycles. The van der Waals surface area contributed by atoms with Gasteiger partial charge in [-0.25, -0.2) is 9.18 Å². The van der Waals surface area contributed by atoms with E-state index >= 15 is 0 Å². The fourth-order valence-electron chi connectivity index (χ4n) is 1.31. The standard InChI is InChI=1S/C11H13FO2/c1-3-5-8-6-4-7-9(10(8)12)11(13)14-2/h4,6-7H,3,5H2,1-2H3. The van der Waals surface area contributed by atoms with Crippen LogP contribution in [0.4, 0.5) is 4.39 Å². The van der Waals surface area contributed by atoms with E-state index in [1.807, 2.05) is 6.92 Å². The van der Waals surface area contributed by atoms with Crippen LogP contribution in [0, 0.1) is 5.82 Å². The van der Waals surface area contributed by atoms with Gasteiger partial charge in [0, 0.05) is 0 Å². The van der Waals surface area contributed by atoms with Crippen LogP contribution in [-0.4, -0.2) is 13.1 Å². The van der Waals surface area contributed by atoms with Crippen molar-refractivity contribution in [2.75, 3.05) is 7.11 Å². The first-order chi connectivity index (χ1) is 6.70. The molecular weight excluding hydrogens is 183 g/mol. The molecule has 0 amide bonds.